The average molecular weight is 366 g/mol. The molecular formula is C16H18N2O4S2. The third-order valence-electron chi connectivity index (χ3n) is 4.12. The summed E-state index contributed by atoms with van der Waals surface area (Å²) in [6.07, 6.45) is 4.60. The fourth-order valence-corrected chi connectivity index (χ4v) is 5.32. The van der Waals surface area contributed by atoms with Crippen LogP contribution >= 0.6 is 23.1 Å². The number of carbonyl (C=O) groups is 2. The summed E-state index contributed by atoms with van der Waals surface area (Å²) in [6.45, 7) is 2.25. The van der Waals surface area contributed by atoms with Gasteiger partial charge < -0.3 is 9.47 Å². The highest BCUT2D eigenvalue weighted by Crippen LogP contribution is 2.41. The lowest BCUT2D eigenvalue weighted by molar-refractivity contribution is -0.150. The maximum atomic E-state index is 11.9. The molecule has 1 aliphatic carbocycles. The van der Waals surface area contributed by atoms with Crippen LogP contribution in [0.3, 0.4) is 0 Å². The molecule has 2 heterocycles. The van der Waals surface area contributed by atoms with Gasteiger partial charge in [0.2, 0.25) is 5.25 Å². The molecule has 8 heteroatoms. The van der Waals surface area contributed by atoms with Crippen LogP contribution < -0.4 is 0 Å². The number of aromatic nitrogens is 2. The van der Waals surface area contributed by atoms with Crippen molar-refractivity contribution in [3.63, 3.8) is 0 Å². The van der Waals surface area contributed by atoms with Gasteiger partial charge in [0.25, 0.3) is 0 Å². The molecule has 0 aliphatic heterocycles. The second-order valence-corrected chi connectivity index (χ2v) is 7.93. The van der Waals surface area contributed by atoms with Crippen LogP contribution in [-0.2, 0) is 31.9 Å². The van der Waals surface area contributed by atoms with Crippen LogP contribution in [0.15, 0.2) is 11.4 Å². The van der Waals surface area contributed by atoms with Crippen LogP contribution in [0.2, 0.25) is 0 Å². The number of fused-ring (bicyclic) bond motifs is 3. The summed E-state index contributed by atoms with van der Waals surface area (Å²) in [4.78, 5) is 34.8. The number of thiophene rings is 1. The summed E-state index contributed by atoms with van der Waals surface area (Å²) in [7, 11) is 2.50. The second kappa shape index (κ2) is 7.06. The van der Waals surface area contributed by atoms with Crippen LogP contribution in [0.5, 0.6) is 0 Å². The van der Waals surface area contributed by atoms with Crippen LogP contribution in [0.4, 0.5) is 0 Å². The van der Waals surface area contributed by atoms with Crippen LogP contribution in [0.25, 0.3) is 10.2 Å². The number of hydrogen-bond donors (Lipinski definition) is 0. The first kappa shape index (κ1) is 17.2. The Hall–Kier alpha value is -1.67. The lowest BCUT2D eigenvalue weighted by Gasteiger charge is -2.18. The number of rotatable bonds is 4. The summed E-state index contributed by atoms with van der Waals surface area (Å²) in [5.41, 5.74) is 1.25. The van der Waals surface area contributed by atoms with Crippen molar-refractivity contribution in [1.29, 1.82) is 0 Å². The molecule has 128 valence electrons. The molecule has 0 N–H and O–H groups in total. The maximum Gasteiger partial charge on any atom is 0.330 e. The van der Waals surface area contributed by atoms with E-state index in [0.717, 1.165) is 41.2 Å². The smallest absolute Gasteiger partial charge is 0.330 e. The first-order valence-electron chi connectivity index (χ1n) is 7.62. The van der Waals surface area contributed by atoms with E-state index in [-0.39, 0.29) is 0 Å². The van der Waals surface area contributed by atoms with Crippen molar-refractivity contribution in [2.75, 3.05) is 14.2 Å². The van der Waals surface area contributed by atoms with Gasteiger partial charge in [-0.05, 0) is 30.7 Å². The van der Waals surface area contributed by atoms with Gasteiger partial charge >= 0.3 is 11.9 Å². The fraction of sp³-hybridized carbons (Fsp3) is 0.500. The molecular weight excluding hydrogens is 348 g/mol. The second-order valence-electron chi connectivity index (χ2n) is 5.75. The predicted molar refractivity (Wildman–Crippen MR) is 92.3 cm³/mol. The van der Waals surface area contributed by atoms with Crippen molar-refractivity contribution in [2.24, 2.45) is 5.92 Å². The highest BCUT2D eigenvalue weighted by Gasteiger charge is 2.32. The van der Waals surface area contributed by atoms with E-state index in [1.54, 1.807) is 11.3 Å². The third-order valence-corrected chi connectivity index (χ3v) is 6.43. The van der Waals surface area contributed by atoms with E-state index in [0.29, 0.717) is 10.9 Å². The third kappa shape index (κ3) is 3.12. The Morgan fingerprint density at radius 2 is 2.00 bits per heavy atom. The summed E-state index contributed by atoms with van der Waals surface area (Å²) in [5.74, 6) is -0.625. The Balaban J connectivity index is 2.03. The predicted octanol–water partition coefficient (Wildman–Crippen LogP) is 2.62. The summed E-state index contributed by atoms with van der Waals surface area (Å²) >= 11 is 2.74. The molecule has 0 saturated heterocycles. The van der Waals surface area contributed by atoms with Crippen LogP contribution in [-0.4, -0.2) is 41.4 Å². The van der Waals surface area contributed by atoms with Gasteiger partial charge in [-0.15, -0.1) is 11.3 Å². The van der Waals surface area contributed by atoms with Gasteiger partial charge in [0, 0.05) is 10.3 Å². The summed E-state index contributed by atoms with van der Waals surface area (Å²) in [6, 6.07) is 0. The van der Waals surface area contributed by atoms with E-state index in [4.69, 9.17) is 9.47 Å². The lowest BCUT2D eigenvalue weighted by Crippen LogP contribution is -2.29. The zero-order chi connectivity index (χ0) is 17.3. The van der Waals surface area contributed by atoms with Crippen LogP contribution in [0, 0.1) is 5.92 Å². The van der Waals surface area contributed by atoms with Crippen molar-refractivity contribution in [3.8, 4) is 0 Å². The first-order valence-corrected chi connectivity index (χ1v) is 9.32. The largest absolute Gasteiger partial charge is 0.468 e. The molecule has 0 amide bonds. The molecule has 0 aromatic carbocycles. The van der Waals surface area contributed by atoms with Gasteiger partial charge in [-0.25, -0.2) is 9.97 Å². The number of esters is 2. The van der Waals surface area contributed by atoms with Gasteiger partial charge in [-0.1, -0.05) is 18.7 Å². The molecule has 0 bridgehead atoms. The number of thioether (sulfide) groups is 1. The van der Waals surface area contributed by atoms with Crippen molar-refractivity contribution in [1.82, 2.24) is 9.97 Å². The number of carbonyl (C=O) groups excluding carboxylic acids is 2. The minimum absolute atomic E-state index is 0.632. The molecule has 1 unspecified atom stereocenters. The van der Waals surface area contributed by atoms with E-state index in [2.05, 4.69) is 16.9 Å². The van der Waals surface area contributed by atoms with Crippen LogP contribution in [0.1, 0.15) is 23.8 Å². The molecule has 3 rings (SSSR count). The van der Waals surface area contributed by atoms with Gasteiger partial charge in [0.1, 0.15) is 16.2 Å². The van der Waals surface area contributed by atoms with Gasteiger partial charge in [-0.2, -0.15) is 0 Å². The highest BCUT2D eigenvalue weighted by atomic mass is 32.2. The SMILES string of the molecule is COC(=O)C(Sc1ncnc2sc3c(c12)CCC(C)C3)C(=O)OC. The first-order chi connectivity index (χ1) is 11.5. The molecule has 24 heavy (non-hydrogen) atoms. The van der Waals surface area contributed by atoms with Crippen molar-refractivity contribution in [2.45, 2.75) is 36.5 Å². The maximum absolute atomic E-state index is 11.9. The molecule has 6 nitrogen and oxygen atoms in total. The van der Waals surface area contributed by atoms with E-state index in [1.807, 2.05) is 0 Å². The van der Waals surface area contributed by atoms with E-state index in [1.165, 1.54) is 31.0 Å². The number of methoxy groups -OCH3 is 2. The Labute approximate surface area is 148 Å². The zero-order valence-corrected chi connectivity index (χ0v) is 15.3. The molecule has 0 spiro atoms. The van der Waals surface area contributed by atoms with Gasteiger partial charge in [0.15, 0.2) is 0 Å². The number of ether oxygens (including phenoxy) is 2. The summed E-state index contributed by atoms with van der Waals surface area (Å²) in [5, 5.41) is 0.510. The monoisotopic (exact) mass is 366 g/mol. The average Bonchev–Trinajstić information content (AvgIpc) is 2.96. The Morgan fingerprint density at radius 1 is 1.29 bits per heavy atom. The number of nitrogens with zero attached hydrogens (tertiary/aromatic N) is 2. The van der Waals surface area contributed by atoms with Crippen molar-refractivity contribution in [3.05, 3.63) is 16.8 Å². The normalized spacial score (nSPS) is 16.9. The molecule has 2 aromatic heterocycles. The van der Waals surface area contributed by atoms with Gasteiger partial charge in [-0.3, -0.25) is 9.59 Å². The van der Waals surface area contributed by atoms with Crippen molar-refractivity contribution < 1.29 is 19.1 Å². The summed E-state index contributed by atoms with van der Waals surface area (Å²) < 4.78 is 9.45. The molecule has 0 radical (unpaired) electrons. The van der Waals surface area contributed by atoms with E-state index < -0.39 is 17.2 Å². The molecule has 0 fully saturated rings. The zero-order valence-electron chi connectivity index (χ0n) is 13.7. The number of aryl methyl sites for hydroxylation is 1. The number of hydrogen-bond acceptors (Lipinski definition) is 8. The molecule has 1 atom stereocenters. The minimum Gasteiger partial charge on any atom is -0.468 e. The topological polar surface area (TPSA) is 78.4 Å². The highest BCUT2D eigenvalue weighted by molar-refractivity contribution is 8.01. The molecule has 0 saturated carbocycles. The van der Waals surface area contributed by atoms with Crippen molar-refractivity contribution >= 4 is 45.3 Å². The Kier molecular flexibility index (Phi) is 5.05. The fourth-order valence-electron chi connectivity index (χ4n) is 2.85. The van der Waals surface area contributed by atoms with E-state index in [9.17, 15) is 9.59 Å². The Bertz CT molecular complexity index is 774. The van der Waals surface area contributed by atoms with E-state index >= 15 is 0 Å². The lowest BCUT2D eigenvalue weighted by atomic mass is 9.89. The van der Waals surface area contributed by atoms with Gasteiger partial charge in [0.05, 0.1) is 14.2 Å². The minimum atomic E-state index is -1.09. The Morgan fingerprint density at radius 3 is 2.67 bits per heavy atom. The standard InChI is InChI=1S/C16H18N2O4S2/c1-8-4-5-9-10(6-8)23-13-11(9)14(18-7-17-13)24-12(15(19)21-2)16(20)22-3/h7-8,12H,4-6H2,1-3H3. The molecule has 2 aromatic rings. The quantitative estimate of drug-likeness (QED) is 0.356. The molecule has 1 aliphatic rings.